The molecular weight excluding hydrogens is 854 g/mol. The lowest BCUT2D eigenvalue weighted by atomic mass is 10.0. The lowest BCUT2D eigenvalue weighted by molar-refractivity contribution is -0.870. The molecule has 9 heteroatoms. The molecule has 0 bridgehead atoms. The van der Waals surface area contributed by atoms with E-state index in [-0.39, 0.29) is 25.8 Å². The van der Waals surface area contributed by atoms with Crippen LogP contribution < -0.4 is 0 Å². The monoisotopic (exact) mass is 965 g/mol. The van der Waals surface area contributed by atoms with Crippen molar-refractivity contribution < 1.29 is 37.3 Å². The van der Waals surface area contributed by atoms with Crippen LogP contribution in [0, 0.1) is 0 Å². The van der Waals surface area contributed by atoms with Gasteiger partial charge in [-0.15, -0.1) is 0 Å². The number of carbonyl (C=O) groups excluding carboxylic acids is 1. The van der Waals surface area contributed by atoms with Gasteiger partial charge in [-0.05, 0) is 77.0 Å². The van der Waals surface area contributed by atoms with Crippen LogP contribution in [0.25, 0.3) is 0 Å². The molecule has 0 saturated heterocycles. The number of nitrogens with zero attached hydrogens (tertiary/aromatic N) is 1. The van der Waals surface area contributed by atoms with E-state index in [0.29, 0.717) is 24.1 Å². The number of rotatable bonds is 53. The van der Waals surface area contributed by atoms with Crippen LogP contribution in [0.1, 0.15) is 258 Å². The number of unbranched alkanes of at least 4 members (excludes halogenated alkanes) is 31. The fourth-order valence-electron chi connectivity index (χ4n) is 7.97. The molecule has 0 aromatic heterocycles. The second-order valence-electron chi connectivity index (χ2n) is 20.3. The zero-order valence-corrected chi connectivity index (χ0v) is 45.8. The maximum absolute atomic E-state index is 12.8. The van der Waals surface area contributed by atoms with Crippen LogP contribution in [0.3, 0.4) is 0 Å². The van der Waals surface area contributed by atoms with Crippen molar-refractivity contribution in [3.05, 3.63) is 48.6 Å². The summed E-state index contributed by atoms with van der Waals surface area (Å²) < 4.78 is 35.2. The highest BCUT2D eigenvalue weighted by Crippen LogP contribution is 2.43. The smallest absolute Gasteiger partial charge is 0.457 e. The fourth-order valence-corrected chi connectivity index (χ4v) is 8.71. The van der Waals surface area contributed by atoms with Gasteiger partial charge in [0.25, 0.3) is 0 Å². The highest BCUT2D eigenvalue weighted by molar-refractivity contribution is 7.47. The summed E-state index contributed by atoms with van der Waals surface area (Å²) in [6.07, 6.45) is 64.5. The van der Waals surface area contributed by atoms with Crippen LogP contribution in [-0.2, 0) is 27.9 Å². The maximum Gasteiger partial charge on any atom is 0.472 e. The molecule has 0 rings (SSSR count). The van der Waals surface area contributed by atoms with Crippen LogP contribution >= 0.6 is 7.82 Å². The molecule has 0 aliphatic rings. The predicted octanol–water partition coefficient (Wildman–Crippen LogP) is 17.8. The van der Waals surface area contributed by atoms with Crippen molar-refractivity contribution in [1.29, 1.82) is 0 Å². The Morgan fingerprint density at radius 1 is 0.463 bits per heavy atom. The zero-order chi connectivity index (χ0) is 49.0. The van der Waals surface area contributed by atoms with Gasteiger partial charge in [-0.2, -0.15) is 0 Å². The van der Waals surface area contributed by atoms with Crippen LogP contribution in [-0.4, -0.2) is 75.6 Å². The summed E-state index contributed by atoms with van der Waals surface area (Å²) in [7, 11) is 1.66. The average Bonchev–Trinajstić information content (AvgIpc) is 3.29. The van der Waals surface area contributed by atoms with Crippen molar-refractivity contribution in [2.45, 2.75) is 264 Å². The Labute approximate surface area is 416 Å². The number of quaternary nitrogens is 1. The Kier molecular flexibility index (Phi) is 49.7. The van der Waals surface area contributed by atoms with Gasteiger partial charge >= 0.3 is 13.8 Å². The maximum atomic E-state index is 12.8. The minimum Gasteiger partial charge on any atom is -0.457 e. The number of phosphoric ester groups is 1. The first-order valence-electron chi connectivity index (χ1n) is 28.4. The lowest BCUT2D eigenvalue weighted by Gasteiger charge is -2.24. The van der Waals surface area contributed by atoms with E-state index in [4.69, 9.17) is 18.5 Å². The fraction of sp³-hybridized carbons (Fsp3) is 0.845. The first-order valence-corrected chi connectivity index (χ1v) is 29.9. The third kappa shape index (κ3) is 55.3. The third-order valence-electron chi connectivity index (χ3n) is 12.4. The average molecular weight is 965 g/mol. The summed E-state index contributed by atoms with van der Waals surface area (Å²) in [4.78, 5) is 23.1. The largest absolute Gasteiger partial charge is 0.472 e. The Hall–Kier alpha value is -1.54. The van der Waals surface area contributed by atoms with Crippen molar-refractivity contribution in [1.82, 2.24) is 0 Å². The van der Waals surface area contributed by atoms with E-state index >= 15 is 0 Å². The van der Waals surface area contributed by atoms with Gasteiger partial charge in [0.15, 0.2) is 0 Å². The summed E-state index contributed by atoms with van der Waals surface area (Å²) >= 11 is 0. The molecule has 0 saturated carbocycles. The predicted molar refractivity (Wildman–Crippen MR) is 289 cm³/mol. The van der Waals surface area contributed by atoms with Gasteiger partial charge in [-0.25, -0.2) is 4.57 Å². The number of allylic oxidation sites excluding steroid dienone is 8. The van der Waals surface area contributed by atoms with Gasteiger partial charge in [-0.1, -0.05) is 223 Å². The van der Waals surface area contributed by atoms with E-state index in [1.54, 1.807) is 0 Å². The molecule has 394 valence electrons. The quantitative estimate of drug-likeness (QED) is 0.0213. The van der Waals surface area contributed by atoms with Crippen LogP contribution in [0.5, 0.6) is 0 Å². The first kappa shape index (κ1) is 65.5. The molecule has 0 aliphatic heterocycles. The minimum atomic E-state index is -4.29. The minimum absolute atomic E-state index is 0.0852. The summed E-state index contributed by atoms with van der Waals surface area (Å²) in [6, 6.07) is 0. The highest BCUT2D eigenvalue weighted by Gasteiger charge is 2.26. The summed E-state index contributed by atoms with van der Waals surface area (Å²) in [5.41, 5.74) is 0. The molecule has 0 amide bonds. The SMILES string of the molecule is CCCCCCC/C=C\C/C=C\C/C=C\CCCCCCCCC(=O)OC(COCCCCCCCCCCCCCC/C=C\CCCCCCCCCC)COP(=O)(O)OCC[N+](C)(C)C. The zero-order valence-electron chi connectivity index (χ0n) is 44.9. The molecule has 0 radical (unpaired) electrons. The van der Waals surface area contributed by atoms with E-state index in [9.17, 15) is 14.3 Å². The lowest BCUT2D eigenvalue weighted by Crippen LogP contribution is -2.37. The van der Waals surface area contributed by atoms with Crippen LogP contribution in [0.4, 0.5) is 0 Å². The van der Waals surface area contributed by atoms with Crippen LogP contribution in [0.2, 0.25) is 0 Å². The Balaban J connectivity index is 4.10. The number of hydrogen-bond acceptors (Lipinski definition) is 6. The van der Waals surface area contributed by atoms with Gasteiger partial charge in [0.2, 0.25) is 0 Å². The molecule has 0 aliphatic carbocycles. The van der Waals surface area contributed by atoms with Gasteiger partial charge in [0.1, 0.15) is 19.3 Å². The van der Waals surface area contributed by atoms with Crippen molar-refractivity contribution >= 4 is 13.8 Å². The van der Waals surface area contributed by atoms with Crippen molar-refractivity contribution in [2.24, 2.45) is 0 Å². The third-order valence-corrected chi connectivity index (χ3v) is 13.3. The summed E-state index contributed by atoms with van der Waals surface area (Å²) in [5, 5.41) is 0. The summed E-state index contributed by atoms with van der Waals surface area (Å²) in [6.45, 7) is 5.63. The molecule has 0 fully saturated rings. The molecule has 0 aromatic rings. The number of hydrogen-bond donors (Lipinski definition) is 1. The molecule has 2 unspecified atom stereocenters. The van der Waals surface area contributed by atoms with Gasteiger partial charge in [0, 0.05) is 13.0 Å². The van der Waals surface area contributed by atoms with E-state index in [0.717, 1.165) is 57.8 Å². The van der Waals surface area contributed by atoms with Gasteiger partial charge in [-0.3, -0.25) is 13.8 Å². The second-order valence-corrected chi connectivity index (χ2v) is 21.8. The van der Waals surface area contributed by atoms with Gasteiger partial charge < -0.3 is 18.9 Å². The highest BCUT2D eigenvalue weighted by atomic mass is 31.2. The van der Waals surface area contributed by atoms with Crippen molar-refractivity contribution in [2.75, 3.05) is 54.1 Å². The number of likely N-dealkylation sites (N-methyl/N-ethyl adjacent to an activating group) is 1. The van der Waals surface area contributed by atoms with Crippen LogP contribution in [0.15, 0.2) is 48.6 Å². The molecule has 0 spiro atoms. The van der Waals surface area contributed by atoms with E-state index < -0.39 is 13.9 Å². The second kappa shape index (κ2) is 50.8. The summed E-state index contributed by atoms with van der Waals surface area (Å²) in [5.74, 6) is -0.323. The number of carbonyl (C=O) groups is 1. The molecule has 0 aromatic carbocycles. The molecule has 1 N–H and O–H groups in total. The Bertz CT molecular complexity index is 1210. The standard InChI is InChI=1S/C58H110NO7P/c1-6-8-10-12-14-16-18-20-22-24-26-28-29-30-32-34-36-38-40-42-44-46-48-50-53-63-55-57(56-65-67(61,62)64-54-52-59(3,4)5)66-58(60)51-49-47-45-43-41-39-37-35-33-31-27-25-23-21-19-17-15-13-11-9-7-2/h19,21,24-27,33,35,57H,6-18,20,22-23,28-32,34,36-56H2,1-5H3/p+1/b21-19-,26-24-,27-25-,35-33-. The van der Waals surface area contributed by atoms with E-state index in [1.807, 2.05) is 21.1 Å². The Morgan fingerprint density at radius 3 is 1.24 bits per heavy atom. The van der Waals surface area contributed by atoms with Crippen molar-refractivity contribution in [3.63, 3.8) is 0 Å². The number of ether oxygens (including phenoxy) is 2. The molecule has 2 atom stereocenters. The van der Waals surface area contributed by atoms with Crippen molar-refractivity contribution in [3.8, 4) is 0 Å². The van der Waals surface area contributed by atoms with E-state index in [2.05, 4.69) is 62.5 Å². The van der Waals surface area contributed by atoms with Gasteiger partial charge in [0.05, 0.1) is 34.4 Å². The van der Waals surface area contributed by atoms with E-state index in [1.165, 1.54) is 180 Å². The molecule has 0 heterocycles. The molecule has 8 nitrogen and oxygen atoms in total. The normalized spacial score (nSPS) is 13.8. The number of esters is 1. The topological polar surface area (TPSA) is 91.3 Å². The molecular formula is C58H111NO7P+. The first-order chi connectivity index (χ1) is 32.6. The Morgan fingerprint density at radius 2 is 0.821 bits per heavy atom. The number of phosphoric acid groups is 1. The molecule has 67 heavy (non-hydrogen) atoms.